The summed E-state index contributed by atoms with van der Waals surface area (Å²) in [7, 11) is 0. The predicted octanol–water partition coefficient (Wildman–Crippen LogP) is 4.92. The molecule has 0 aliphatic carbocycles. The first-order valence-electron chi connectivity index (χ1n) is 10.9. The van der Waals surface area contributed by atoms with Gasteiger partial charge in [-0.2, -0.15) is 0 Å². The third-order valence-electron chi connectivity index (χ3n) is 5.52. The quantitative estimate of drug-likeness (QED) is 0.323. The van der Waals surface area contributed by atoms with Gasteiger partial charge < -0.3 is 20.1 Å². The zero-order valence-electron chi connectivity index (χ0n) is 18.6. The average molecular weight is 464 g/mol. The van der Waals surface area contributed by atoms with E-state index >= 15 is 0 Å². The van der Waals surface area contributed by atoms with E-state index in [0.29, 0.717) is 29.5 Å². The first kappa shape index (κ1) is 22.8. The molecule has 4 aromatic rings. The number of hydrogen-bond donors (Lipinski definition) is 3. The number of nitrogens with zero attached hydrogens (tertiary/aromatic N) is 1. The van der Waals surface area contributed by atoms with Crippen molar-refractivity contribution in [3.05, 3.63) is 82.8 Å². The zero-order chi connectivity index (χ0) is 23.4. The van der Waals surface area contributed by atoms with Crippen molar-refractivity contribution in [3.63, 3.8) is 0 Å². The lowest BCUT2D eigenvalue weighted by molar-refractivity contribution is 0.0913. The van der Waals surface area contributed by atoms with E-state index in [0.717, 1.165) is 33.3 Å². The summed E-state index contributed by atoms with van der Waals surface area (Å²) in [4.78, 5) is 20.8. The summed E-state index contributed by atoms with van der Waals surface area (Å²) >= 11 is 6.35. The van der Waals surface area contributed by atoms with Crippen LogP contribution in [0.25, 0.3) is 22.0 Å². The molecule has 33 heavy (non-hydrogen) atoms. The molecule has 0 saturated carbocycles. The van der Waals surface area contributed by atoms with Crippen LogP contribution >= 0.6 is 11.6 Å². The normalized spacial score (nSPS) is 12.0. The molecule has 0 fully saturated rings. The highest BCUT2D eigenvalue weighted by molar-refractivity contribution is 6.32. The molecular formula is C26H26ClN3O3. The molecular weight excluding hydrogens is 438 g/mol. The molecule has 1 amide bonds. The highest BCUT2D eigenvalue weighted by Crippen LogP contribution is 2.31. The van der Waals surface area contributed by atoms with Crippen LogP contribution in [0.3, 0.4) is 0 Å². The van der Waals surface area contributed by atoms with Gasteiger partial charge in [0.05, 0.1) is 24.8 Å². The van der Waals surface area contributed by atoms with Crippen molar-refractivity contribution in [2.24, 2.45) is 0 Å². The third-order valence-corrected chi connectivity index (χ3v) is 5.81. The summed E-state index contributed by atoms with van der Waals surface area (Å²) in [5, 5.41) is 14.4. The van der Waals surface area contributed by atoms with Crippen LogP contribution in [-0.2, 0) is 6.42 Å². The van der Waals surface area contributed by atoms with Gasteiger partial charge in [-0.3, -0.25) is 4.79 Å². The molecule has 3 N–H and O–H groups in total. The molecule has 2 aromatic carbocycles. The van der Waals surface area contributed by atoms with E-state index in [1.807, 2.05) is 62.5 Å². The summed E-state index contributed by atoms with van der Waals surface area (Å²) in [6, 6.07) is 16.6. The van der Waals surface area contributed by atoms with Gasteiger partial charge in [-0.25, -0.2) is 4.98 Å². The van der Waals surface area contributed by atoms with Crippen LogP contribution in [0.15, 0.2) is 60.8 Å². The number of benzene rings is 2. The summed E-state index contributed by atoms with van der Waals surface area (Å²) in [6.45, 7) is 3.97. The standard InChI is InChI=1S/C26H26ClN3O3/c1-3-33-24-11-9-17(21-10-8-16(2)29-25(21)27)13-22(24)26(32)30-19(15-31)12-18-14-28-23-7-5-4-6-20(18)23/h4-11,13-14,19,28,31H,3,12,15H2,1-2H3,(H,30,32). The van der Waals surface area contributed by atoms with E-state index < -0.39 is 6.04 Å². The van der Waals surface area contributed by atoms with Crippen LogP contribution in [0.1, 0.15) is 28.5 Å². The first-order valence-corrected chi connectivity index (χ1v) is 11.2. The van der Waals surface area contributed by atoms with Gasteiger partial charge in [0.25, 0.3) is 5.91 Å². The molecule has 0 saturated heterocycles. The largest absolute Gasteiger partial charge is 0.493 e. The van der Waals surface area contributed by atoms with Gasteiger partial charge in [-0.15, -0.1) is 0 Å². The van der Waals surface area contributed by atoms with Gasteiger partial charge >= 0.3 is 0 Å². The number of nitrogens with one attached hydrogen (secondary N) is 2. The number of halogens is 1. The van der Waals surface area contributed by atoms with E-state index in [4.69, 9.17) is 16.3 Å². The molecule has 170 valence electrons. The Labute approximate surface area is 197 Å². The summed E-state index contributed by atoms with van der Waals surface area (Å²) in [5.41, 5.74) is 4.74. The van der Waals surface area contributed by atoms with E-state index in [1.165, 1.54) is 0 Å². The fraction of sp³-hybridized carbons (Fsp3) is 0.231. The fourth-order valence-electron chi connectivity index (χ4n) is 3.89. The van der Waals surface area contributed by atoms with Gasteiger partial charge in [0.1, 0.15) is 10.9 Å². The Morgan fingerprint density at radius 2 is 2.03 bits per heavy atom. The SMILES string of the molecule is CCOc1ccc(-c2ccc(C)nc2Cl)cc1C(=O)NC(CO)Cc1c[nH]c2ccccc12. The lowest BCUT2D eigenvalue weighted by atomic mass is 10.0. The Balaban J connectivity index is 1.61. The Morgan fingerprint density at radius 3 is 2.79 bits per heavy atom. The number of carbonyl (C=O) groups excluding carboxylic acids is 1. The first-order chi connectivity index (χ1) is 16.0. The van der Waals surface area contributed by atoms with E-state index in [1.54, 1.807) is 12.1 Å². The van der Waals surface area contributed by atoms with Crippen LogP contribution in [0.5, 0.6) is 5.75 Å². The highest BCUT2D eigenvalue weighted by Gasteiger charge is 2.20. The fourth-order valence-corrected chi connectivity index (χ4v) is 4.19. The van der Waals surface area contributed by atoms with E-state index in [2.05, 4.69) is 15.3 Å². The van der Waals surface area contributed by atoms with Gasteiger partial charge in [-0.1, -0.05) is 35.9 Å². The second-order valence-corrected chi connectivity index (χ2v) is 8.21. The lowest BCUT2D eigenvalue weighted by Gasteiger charge is -2.18. The van der Waals surface area contributed by atoms with E-state index in [9.17, 15) is 9.90 Å². The number of amides is 1. The minimum Gasteiger partial charge on any atom is -0.493 e. The molecule has 1 unspecified atom stereocenters. The Morgan fingerprint density at radius 1 is 1.21 bits per heavy atom. The molecule has 6 nitrogen and oxygen atoms in total. The molecule has 0 radical (unpaired) electrons. The lowest BCUT2D eigenvalue weighted by Crippen LogP contribution is -2.39. The zero-order valence-corrected chi connectivity index (χ0v) is 19.3. The molecule has 0 aliphatic heterocycles. The molecule has 0 spiro atoms. The number of carbonyl (C=O) groups is 1. The van der Waals surface area contributed by atoms with Crippen LogP contribution in [0.4, 0.5) is 0 Å². The number of aliphatic hydroxyl groups excluding tert-OH is 1. The van der Waals surface area contributed by atoms with Gasteiger partial charge in [-0.05, 0) is 61.7 Å². The maximum absolute atomic E-state index is 13.3. The van der Waals surface area contributed by atoms with Crippen molar-refractivity contribution < 1.29 is 14.6 Å². The van der Waals surface area contributed by atoms with Gasteiger partial charge in [0.2, 0.25) is 0 Å². The number of pyridine rings is 1. The Bertz CT molecular complexity index is 1290. The van der Waals surface area contributed by atoms with Crippen LogP contribution in [-0.4, -0.2) is 40.2 Å². The predicted molar refractivity (Wildman–Crippen MR) is 131 cm³/mol. The molecule has 0 bridgehead atoms. The maximum atomic E-state index is 13.3. The van der Waals surface area contributed by atoms with Crippen LogP contribution < -0.4 is 10.1 Å². The number of rotatable bonds is 8. The smallest absolute Gasteiger partial charge is 0.255 e. The van der Waals surface area contributed by atoms with Crippen LogP contribution in [0, 0.1) is 6.92 Å². The number of H-pyrrole nitrogens is 1. The number of aromatic amines is 1. The number of aryl methyl sites for hydroxylation is 1. The van der Waals surface area contributed by atoms with Crippen molar-refractivity contribution >= 4 is 28.4 Å². The molecule has 2 aromatic heterocycles. The number of ether oxygens (including phenoxy) is 1. The van der Waals surface area contributed by atoms with Crippen LogP contribution in [0.2, 0.25) is 5.15 Å². The topological polar surface area (TPSA) is 87.2 Å². The monoisotopic (exact) mass is 463 g/mol. The van der Waals surface area contributed by atoms with E-state index in [-0.39, 0.29) is 12.5 Å². The van der Waals surface area contributed by atoms with Crippen molar-refractivity contribution in [3.8, 4) is 16.9 Å². The molecule has 2 heterocycles. The summed E-state index contributed by atoms with van der Waals surface area (Å²) < 4.78 is 5.70. The average Bonchev–Trinajstić information content (AvgIpc) is 3.22. The third kappa shape index (κ3) is 5.02. The van der Waals surface area contributed by atoms with Gasteiger partial charge in [0, 0.05) is 28.4 Å². The van der Waals surface area contributed by atoms with Crippen molar-refractivity contribution in [1.82, 2.24) is 15.3 Å². The minimum absolute atomic E-state index is 0.192. The highest BCUT2D eigenvalue weighted by atomic mass is 35.5. The van der Waals surface area contributed by atoms with Crippen molar-refractivity contribution in [1.29, 1.82) is 0 Å². The Hall–Kier alpha value is -3.35. The molecule has 7 heteroatoms. The van der Waals surface area contributed by atoms with Crippen molar-refractivity contribution in [2.45, 2.75) is 26.3 Å². The molecule has 1 atom stereocenters. The number of aromatic nitrogens is 2. The summed E-state index contributed by atoms with van der Waals surface area (Å²) in [6.07, 6.45) is 2.40. The number of fused-ring (bicyclic) bond motifs is 1. The van der Waals surface area contributed by atoms with Gasteiger partial charge in [0.15, 0.2) is 0 Å². The Kier molecular flexibility index (Phi) is 6.96. The van der Waals surface area contributed by atoms with Crippen molar-refractivity contribution in [2.75, 3.05) is 13.2 Å². The number of hydrogen-bond acceptors (Lipinski definition) is 4. The number of para-hydroxylation sites is 1. The molecule has 0 aliphatic rings. The summed E-state index contributed by atoms with van der Waals surface area (Å²) in [5.74, 6) is 0.147. The minimum atomic E-state index is -0.459. The molecule has 4 rings (SSSR count). The maximum Gasteiger partial charge on any atom is 0.255 e. The second-order valence-electron chi connectivity index (χ2n) is 7.85. The second kappa shape index (κ2) is 10.1. The number of aliphatic hydroxyl groups is 1.